The first kappa shape index (κ1) is 16.0. The van der Waals surface area contributed by atoms with Crippen molar-refractivity contribution in [3.05, 3.63) is 0 Å². The summed E-state index contributed by atoms with van der Waals surface area (Å²) in [5, 5.41) is 0. The minimum absolute atomic E-state index is 0.875. The Labute approximate surface area is 115 Å². The Balaban J connectivity index is 1.78. The number of hydrogen-bond donors (Lipinski definition) is 1. The van der Waals surface area contributed by atoms with Crippen LogP contribution in [0, 0.1) is 11.8 Å². The third-order valence-electron chi connectivity index (χ3n) is 4.70. The Morgan fingerprint density at radius 3 is 1.78 bits per heavy atom. The van der Waals surface area contributed by atoms with Crippen LogP contribution in [0.2, 0.25) is 0 Å². The van der Waals surface area contributed by atoms with Crippen molar-refractivity contribution in [1.29, 1.82) is 0 Å². The fourth-order valence-corrected chi connectivity index (χ4v) is 3.26. The highest BCUT2D eigenvalue weighted by atomic mass is 14.5. The predicted molar refractivity (Wildman–Crippen MR) is 81.7 cm³/mol. The maximum absolute atomic E-state index is 5.49. The van der Waals surface area contributed by atoms with E-state index < -0.39 is 0 Å². The van der Waals surface area contributed by atoms with Gasteiger partial charge in [0.2, 0.25) is 0 Å². The van der Waals surface area contributed by atoms with Crippen LogP contribution in [-0.4, -0.2) is 6.54 Å². The summed E-state index contributed by atoms with van der Waals surface area (Å²) in [7, 11) is 0. The fourth-order valence-electron chi connectivity index (χ4n) is 3.26. The van der Waals surface area contributed by atoms with Gasteiger partial charge in [0.05, 0.1) is 0 Å². The summed E-state index contributed by atoms with van der Waals surface area (Å²) in [6.45, 7) is 3.29. The van der Waals surface area contributed by atoms with Crippen molar-refractivity contribution in [2.24, 2.45) is 17.6 Å². The van der Waals surface area contributed by atoms with Gasteiger partial charge in [0.15, 0.2) is 0 Å². The lowest BCUT2D eigenvalue weighted by Gasteiger charge is -2.26. The molecular weight excluding hydrogens is 218 g/mol. The van der Waals surface area contributed by atoms with Gasteiger partial charge in [-0.05, 0) is 24.8 Å². The molecule has 1 heteroatoms. The summed E-state index contributed by atoms with van der Waals surface area (Å²) in [5.41, 5.74) is 5.49. The van der Waals surface area contributed by atoms with Crippen LogP contribution >= 0.6 is 0 Å². The second-order valence-electron chi connectivity index (χ2n) is 6.53. The van der Waals surface area contributed by atoms with E-state index in [1.54, 1.807) is 0 Å². The van der Waals surface area contributed by atoms with E-state index in [0.717, 1.165) is 18.4 Å². The summed E-state index contributed by atoms with van der Waals surface area (Å²) in [6.07, 6.45) is 18.8. The maximum atomic E-state index is 5.49. The molecule has 0 aromatic heterocycles. The maximum Gasteiger partial charge on any atom is -0.00773 e. The van der Waals surface area contributed by atoms with Crippen LogP contribution < -0.4 is 5.73 Å². The zero-order valence-electron chi connectivity index (χ0n) is 12.6. The van der Waals surface area contributed by atoms with E-state index in [-0.39, 0.29) is 0 Å². The highest BCUT2D eigenvalue weighted by Gasteiger charge is 2.17. The third kappa shape index (κ3) is 8.13. The zero-order valence-corrected chi connectivity index (χ0v) is 12.6. The molecule has 1 aliphatic carbocycles. The molecule has 0 aromatic carbocycles. The Morgan fingerprint density at radius 2 is 1.22 bits per heavy atom. The molecule has 0 spiro atoms. The minimum Gasteiger partial charge on any atom is -0.330 e. The van der Waals surface area contributed by atoms with Crippen molar-refractivity contribution in [3.63, 3.8) is 0 Å². The monoisotopic (exact) mass is 253 g/mol. The van der Waals surface area contributed by atoms with Crippen LogP contribution in [0.1, 0.15) is 90.4 Å². The first-order valence-corrected chi connectivity index (χ1v) is 8.53. The highest BCUT2D eigenvalue weighted by Crippen LogP contribution is 2.31. The molecule has 1 nitrogen and oxygen atoms in total. The Hall–Kier alpha value is -0.0400. The first-order valence-electron chi connectivity index (χ1n) is 8.53. The smallest absolute Gasteiger partial charge is 0.00773 e. The second kappa shape index (κ2) is 10.8. The van der Waals surface area contributed by atoms with Gasteiger partial charge < -0.3 is 5.73 Å². The van der Waals surface area contributed by atoms with Crippen LogP contribution in [0.15, 0.2) is 0 Å². The fraction of sp³-hybridized carbons (Fsp3) is 1.00. The van der Waals surface area contributed by atoms with Crippen molar-refractivity contribution >= 4 is 0 Å². The Morgan fingerprint density at radius 1 is 0.722 bits per heavy atom. The van der Waals surface area contributed by atoms with Gasteiger partial charge in [-0.3, -0.25) is 0 Å². The lowest BCUT2D eigenvalue weighted by Crippen LogP contribution is -2.12. The van der Waals surface area contributed by atoms with Gasteiger partial charge in [-0.15, -0.1) is 0 Å². The average Bonchev–Trinajstić information content (AvgIpc) is 2.39. The molecule has 0 aromatic rings. The van der Waals surface area contributed by atoms with E-state index in [4.69, 9.17) is 5.73 Å². The molecule has 1 aliphatic rings. The summed E-state index contributed by atoms with van der Waals surface area (Å²) in [4.78, 5) is 0. The van der Waals surface area contributed by atoms with E-state index >= 15 is 0 Å². The topological polar surface area (TPSA) is 26.0 Å². The molecule has 0 bridgehead atoms. The number of rotatable bonds is 10. The number of nitrogens with two attached hydrogens (primary N) is 1. The molecule has 2 N–H and O–H groups in total. The lowest BCUT2D eigenvalue weighted by molar-refractivity contribution is 0.271. The normalized spacial score (nSPS) is 24.3. The minimum atomic E-state index is 0.875. The molecule has 0 aliphatic heterocycles. The van der Waals surface area contributed by atoms with Crippen molar-refractivity contribution < 1.29 is 0 Å². The van der Waals surface area contributed by atoms with E-state index in [1.165, 1.54) is 83.5 Å². The van der Waals surface area contributed by atoms with Crippen LogP contribution in [0.25, 0.3) is 0 Å². The van der Waals surface area contributed by atoms with Gasteiger partial charge in [-0.25, -0.2) is 0 Å². The molecule has 1 fully saturated rings. The summed E-state index contributed by atoms with van der Waals surface area (Å²) in [6, 6.07) is 0. The molecule has 0 atom stereocenters. The van der Waals surface area contributed by atoms with Gasteiger partial charge in [0.1, 0.15) is 0 Å². The van der Waals surface area contributed by atoms with E-state index in [0.29, 0.717) is 0 Å². The van der Waals surface area contributed by atoms with Gasteiger partial charge >= 0.3 is 0 Å². The molecule has 1 rings (SSSR count). The van der Waals surface area contributed by atoms with Gasteiger partial charge in [0, 0.05) is 0 Å². The lowest BCUT2D eigenvalue weighted by atomic mass is 9.80. The van der Waals surface area contributed by atoms with E-state index in [2.05, 4.69) is 6.92 Å². The number of unbranched alkanes of at least 4 members (excludes halogenated alkanes) is 7. The van der Waals surface area contributed by atoms with Crippen LogP contribution in [0.3, 0.4) is 0 Å². The number of hydrogen-bond acceptors (Lipinski definition) is 1. The van der Waals surface area contributed by atoms with Crippen molar-refractivity contribution in [1.82, 2.24) is 0 Å². The van der Waals surface area contributed by atoms with E-state index in [1.807, 2.05) is 0 Å². The highest BCUT2D eigenvalue weighted by molar-refractivity contribution is 4.69. The second-order valence-corrected chi connectivity index (χ2v) is 6.53. The molecule has 0 amide bonds. The zero-order chi connectivity index (χ0) is 13.1. The molecular formula is C17H35N. The standard InChI is InChI=1S/C17H35N/c1-16-11-13-17(14-12-16)10-8-6-4-2-3-5-7-9-15-18/h16-17H,2-15,18H2,1H3. The quantitative estimate of drug-likeness (QED) is 0.526. The molecule has 0 unspecified atom stereocenters. The molecule has 0 saturated heterocycles. The van der Waals surface area contributed by atoms with Crippen molar-refractivity contribution in [2.75, 3.05) is 6.54 Å². The average molecular weight is 253 g/mol. The molecule has 0 heterocycles. The van der Waals surface area contributed by atoms with Crippen molar-refractivity contribution in [3.8, 4) is 0 Å². The summed E-state index contributed by atoms with van der Waals surface area (Å²) < 4.78 is 0. The van der Waals surface area contributed by atoms with Crippen LogP contribution in [0.4, 0.5) is 0 Å². The van der Waals surface area contributed by atoms with E-state index in [9.17, 15) is 0 Å². The largest absolute Gasteiger partial charge is 0.330 e. The Bertz CT molecular complexity index is 170. The molecule has 0 radical (unpaired) electrons. The SMILES string of the molecule is CC1CCC(CCCCCCCCCCN)CC1. The van der Waals surface area contributed by atoms with Gasteiger partial charge in [-0.1, -0.05) is 84.0 Å². The Kier molecular flexibility index (Phi) is 9.65. The van der Waals surface area contributed by atoms with Crippen LogP contribution in [0.5, 0.6) is 0 Å². The summed E-state index contributed by atoms with van der Waals surface area (Å²) >= 11 is 0. The van der Waals surface area contributed by atoms with Gasteiger partial charge in [-0.2, -0.15) is 0 Å². The molecule has 1 saturated carbocycles. The first-order chi connectivity index (χ1) is 8.83. The van der Waals surface area contributed by atoms with Gasteiger partial charge in [0.25, 0.3) is 0 Å². The summed E-state index contributed by atoms with van der Waals surface area (Å²) in [5.74, 6) is 2.08. The predicted octanol–water partition coefficient (Wildman–Crippen LogP) is 5.28. The third-order valence-corrected chi connectivity index (χ3v) is 4.70. The molecule has 18 heavy (non-hydrogen) atoms. The molecule has 108 valence electrons. The van der Waals surface area contributed by atoms with Crippen molar-refractivity contribution in [2.45, 2.75) is 90.4 Å². The van der Waals surface area contributed by atoms with Crippen LogP contribution in [-0.2, 0) is 0 Å².